The zero-order valence-electron chi connectivity index (χ0n) is 15.2. The molecule has 1 atom stereocenters. The Labute approximate surface area is 165 Å². The average Bonchev–Trinajstić information content (AvgIpc) is 3.21. The molecule has 1 unspecified atom stereocenters. The first-order valence-electron chi connectivity index (χ1n) is 8.75. The van der Waals surface area contributed by atoms with Crippen LogP contribution in [0.1, 0.15) is 23.8 Å². The third-order valence-electron chi connectivity index (χ3n) is 5.24. The van der Waals surface area contributed by atoms with E-state index < -0.39 is 54.3 Å². The minimum atomic E-state index is -3.19. The molecule has 1 aromatic carbocycles. The molecular formula is C18H16BF4N4O2. The maximum Gasteiger partial charge on any atom is 0.260 e. The van der Waals surface area contributed by atoms with Gasteiger partial charge in [0.1, 0.15) is 12.4 Å². The second kappa shape index (κ2) is 6.53. The Morgan fingerprint density at radius 3 is 2.55 bits per heavy atom. The summed E-state index contributed by atoms with van der Waals surface area (Å²) < 4.78 is 56.3. The van der Waals surface area contributed by atoms with Gasteiger partial charge in [0.25, 0.3) is 11.8 Å². The molecule has 2 heterocycles. The first kappa shape index (κ1) is 19.3. The van der Waals surface area contributed by atoms with Crippen molar-refractivity contribution in [2.75, 3.05) is 18.4 Å². The van der Waals surface area contributed by atoms with Crippen LogP contribution in [0.4, 0.5) is 23.5 Å². The molecule has 1 aliphatic heterocycles. The standard InChI is InChI=1S/C18H14BF4N4O2.H2/c1-19-11-3-2-10-13(14(11)21)17(7-18(17,22)23)8-27(15(10)29)6-12(28)26-16-24-4-9(20)5-25-16;/h2-5H,6-8H2,1H3,(H,24,25,26,28);1H. The van der Waals surface area contributed by atoms with Crippen molar-refractivity contribution in [3.63, 3.8) is 0 Å². The summed E-state index contributed by atoms with van der Waals surface area (Å²) >= 11 is 0. The van der Waals surface area contributed by atoms with E-state index in [1.165, 1.54) is 19.4 Å². The van der Waals surface area contributed by atoms with Crippen molar-refractivity contribution in [3.05, 3.63) is 47.3 Å². The van der Waals surface area contributed by atoms with Gasteiger partial charge in [0.2, 0.25) is 11.9 Å². The lowest BCUT2D eigenvalue weighted by Crippen LogP contribution is -2.49. The van der Waals surface area contributed by atoms with Gasteiger partial charge in [-0.2, -0.15) is 0 Å². The molecule has 1 saturated carbocycles. The number of anilines is 1. The Kier molecular flexibility index (Phi) is 4.36. The highest BCUT2D eigenvalue weighted by Gasteiger charge is 2.75. The average molecular weight is 407 g/mol. The normalized spacial score (nSPS) is 21.7. The van der Waals surface area contributed by atoms with E-state index in [1.807, 2.05) is 0 Å². The smallest absolute Gasteiger partial charge is 0.260 e. The molecular weight excluding hydrogens is 391 g/mol. The number of carbonyl (C=O) groups is 2. The molecule has 2 aromatic rings. The number of alkyl halides is 2. The second-order valence-electron chi connectivity index (χ2n) is 7.08. The molecule has 1 radical (unpaired) electrons. The summed E-state index contributed by atoms with van der Waals surface area (Å²) in [6.07, 6.45) is 1.08. The number of carbonyl (C=O) groups excluding carboxylic acids is 2. The van der Waals surface area contributed by atoms with E-state index in [-0.39, 0.29) is 24.0 Å². The Morgan fingerprint density at radius 1 is 1.31 bits per heavy atom. The van der Waals surface area contributed by atoms with Crippen LogP contribution < -0.4 is 10.8 Å². The quantitative estimate of drug-likeness (QED) is 0.619. The molecule has 151 valence electrons. The predicted octanol–water partition coefficient (Wildman–Crippen LogP) is 1.75. The monoisotopic (exact) mass is 407 g/mol. The van der Waals surface area contributed by atoms with Crippen molar-refractivity contribution in [1.82, 2.24) is 14.9 Å². The molecule has 1 N–H and O–H groups in total. The molecule has 1 spiro atoms. The molecule has 2 amide bonds. The van der Waals surface area contributed by atoms with Crippen molar-refractivity contribution >= 4 is 30.5 Å². The zero-order chi connectivity index (χ0) is 21.0. The maximum absolute atomic E-state index is 14.9. The van der Waals surface area contributed by atoms with Gasteiger partial charge >= 0.3 is 0 Å². The lowest BCUT2D eigenvalue weighted by Gasteiger charge is -2.35. The number of nitrogens with one attached hydrogen (secondary N) is 1. The Hall–Kier alpha value is -2.98. The van der Waals surface area contributed by atoms with Gasteiger partial charge in [0.05, 0.1) is 17.8 Å². The molecule has 0 bridgehead atoms. The van der Waals surface area contributed by atoms with Crippen LogP contribution in [-0.2, 0) is 10.2 Å². The van der Waals surface area contributed by atoms with Crippen LogP contribution in [0, 0.1) is 11.6 Å². The van der Waals surface area contributed by atoms with Gasteiger partial charge in [-0.1, -0.05) is 18.4 Å². The van der Waals surface area contributed by atoms with Crippen molar-refractivity contribution < 1.29 is 28.6 Å². The first-order chi connectivity index (χ1) is 13.7. The summed E-state index contributed by atoms with van der Waals surface area (Å²) in [6.45, 7) is 0.523. The lowest BCUT2D eigenvalue weighted by molar-refractivity contribution is -0.117. The molecule has 1 aliphatic carbocycles. The van der Waals surface area contributed by atoms with Crippen LogP contribution in [0.15, 0.2) is 24.5 Å². The highest BCUT2D eigenvalue weighted by molar-refractivity contribution is 6.52. The van der Waals surface area contributed by atoms with E-state index in [4.69, 9.17) is 0 Å². The summed E-state index contributed by atoms with van der Waals surface area (Å²) in [5, 5.41) is 2.27. The van der Waals surface area contributed by atoms with Crippen LogP contribution >= 0.6 is 0 Å². The second-order valence-corrected chi connectivity index (χ2v) is 7.08. The van der Waals surface area contributed by atoms with Crippen LogP contribution in [0.3, 0.4) is 0 Å². The number of hydrogen-bond acceptors (Lipinski definition) is 4. The fourth-order valence-corrected chi connectivity index (χ4v) is 3.73. The Bertz CT molecular complexity index is 1020. The van der Waals surface area contributed by atoms with Crippen molar-refractivity contribution in [2.24, 2.45) is 0 Å². The number of aromatic nitrogens is 2. The summed E-state index contributed by atoms with van der Waals surface area (Å²) in [4.78, 5) is 33.1. The predicted molar refractivity (Wildman–Crippen MR) is 97.5 cm³/mol. The van der Waals surface area contributed by atoms with E-state index in [1.54, 1.807) is 6.82 Å². The number of hydrogen-bond donors (Lipinski definition) is 1. The van der Waals surface area contributed by atoms with E-state index in [0.29, 0.717) is 0 Å². The summed E-state index contributed by atoms with van der Waals surface area (Å²) in [7, 11) is 1.44. The third-order valence-corrected chi connectivity index (χ3v) is 5.24. The fraction of sp³-hybridized carbons (Fsp3) is 0.333. The molecule has 1 fully saturated rings. The van der Waals surface area contributed by atoms with Crippen molar-refractivity contribution in [1.29, 1.82) is 0 Å². The number of fused-ring (bicyclic) bond motifs is 2. The van der Waals surface area contributed by atoms with Gasteiger partial charge in [0.15, 0.2) is 13.1 Å². The first-order valence-corrected chi connectivity index (χ1v) is 8.75. The highest BCUT2D eigenvalue weighted by atomic mass is 19.3. The SMILES string of the molecule is C[B]c1ccc2c(c1F)C1(CN(CC(=O)Nc3ncc(F)cn3)C2=O)CC1(F)F.[HH]. The summed E-state index contributed by atoms with van der Waals surface area (Å²) in [5.74, 6) is -6.38. The van der Waals surface area contributed by atoms with Crippen LogP contribution in [-0.4, -0.2) is 53.0 Å². The maximum atomic E-state index is 14.9. The molecule has 6 nitrogen and oxygen atoms in total. The van der Waals surface area contributed by atoms with Crippen LogP contribution in [0.2, 0.25) is 6.82 Å². The van der Waals surface area contributed by atoms with E-state index in [2.05, 4.69) is 15.3 Å². The van der Waals surface area contributed by atoms with Crippen molar-refractivity contribution in [2.45, 2.75) is 24.6 Å². The van der Waals surface area contributed by atoms with Gasteiger partial charge in [0, 0.05) is 25.5 Å². The van der Waals surface area contributed by atoms with Gasteiger partial charge in [-0.15, -0.1) is 0 Å². The van der Waals surface area contributed by atoms with Crippen LogP contribution in [0.5, 0.6) is 0 Å². The molecule has 29 heavy (non-hydrogen) atoms. The Balaban J connectivity index is 0.00000256. The molecule has 2 aliphatic rings. The van der Waals surface area contributed by atoms with Crippen LogP contribution in [0.25, 0.3) is 0 Å². The largest absolute Gasteiger partial charge is 0.328 e. The highest BCUT2D eigenvalue weighted by Crippen LogP contribution is 2.64. The lowest BCUT2D eigenvalue weighted by atomic mass is 9.70. The summed E-state index contributed by atoms with van der Waals surface area (Å²) in [6, 6.07) is 2.65. The number of rotatable bonds is 4. The number of benzene rings is 1. The van der Waals surface area contributed by atoms with E-state index >= 15 is 0 Å². The number of halogens is 4. The van der Waals surface area contributed by atoms with Crippen molar-refractivity contribution in [3.8, 4) is 0 Å². The topological polar surface area (TPSA) is 75.2 Å². The van der Waals surface area contributed by atoms with Gasteiger partial charge in [-0.05, 0) is 6.07 Å². The minimum absolute atomic E-state index is 0. The molecule has 1 aromatic heterocycles. The van der Waals surface area contributed by atoms with E-state index in [9.17, 15) is 27.2 Å². The van der Waals surface area contributed by atoms with Gasteiger partial charge in [-0.3, -0.25) is 14.9 Å². The zero-order valence-corrected chi connectivity index (χ0v) is 15.2. The number of nitrogens with zero attached hydrogens (tertiary/aromatic N) is 3. The van der Waals surface area contributed by atoms with E-state index in [0.717, 1.165) is 17.3 Å². The number of amides is 2. The summed E-state index contributed by atoms with van der Waals surface area (Å²) in [5.41, 5.74) is -2.19. The van der Waals surface area contributed by atoms with Gasteiger partial charge < -0.3 is 4.90 Å². The van der Waals surface area contributed by atoms with Gasteiger partial charge in [-0.25, -0.2) is 27.5 Å². The third kappa shape index (κ3) is 3.04. The molecule has 4 rings (SSSR count). The minimum Gasteiger partial charge on any atom is -0.328 e. The molecule has 0 saturated heterocycles. The molecule has 11 heteroatoms. The fourth-order valence-electron chi connectivity index (χ4n) is 3.73. The Morgan fingerprint density at radius 2 is 1.97 bits per heavy atom.